The van der Waals surface area contributed by atoms with E-state index in [1.807, 2.05) is 42.5 Å². The van der Waals surface area contributed by atoms with Gasteiger partial charge < -0.3 is 0 Å². The molecule has 3 aromatic carbocycles. The maximum absolute atomic E-state index is 6.08. The molecule has 3 rings (SSSR count). The van der Waals surface area contributed by atoms with Gasteiger partial charge in [-0.15, -0.1) is 0 Å². The lowest BCUT2D eigenvalue weighted by atomic mass is 10.1. The van der Waals surface area contributed by atoms with Crippen molar-refractivity contribution in [3.05, 3.63) is 82.9 Å². The molecule has 3 aromatic rings. The van der Waals surface area contributed by atoms with Gasteiger partial charge in [-0.2, -0.15) is 0 Å². The van der Waals surface area contributed by atoms with Crippen molar-refractivity contribution < 1.29 is 0 Å². The van der Waals surface area contributed by atoms with Gasteiger partial charge in [0.25, 0.3) is 0 Å². The fourth-order valence-corrected chi connectivity index (χ4v) is 2.15. The summed E-state index contributed by atoms with van der Waals surface area (Å²) in [6.07, 6.45) is 0. The minimum atomic E-state index is 0.691. The van der Waals surface area contributed by atoms with Crippen molar-refractivity contribution in [2.45, 2.75) is 0 Å². The van der Waals surface area contributed by atoms with Gasteiger partial charge in [-0.3, -0.25) is 0 Å². The van der Waals surface area contributed by atoms with E-state index in [1.54, 1.807) is 0 Å². The lowest BCUT2D eigenvalue weighted by molar-refractivity contribution is 1.64. The Morgan fingerprint density at radius 2 is 1.42 bits per heavy atom. The molecule has 0 bridgehead atoms. The Morgan fingerprint density at radius 3 is 2.26 bits per heavy atom. The van der Waals surface area contributed by atoms with Crippen LogP contribution in [-0.2, 0) is 0 Å². The van der Waals surface area contributed by atoms with E-state index in [4.69, 9.17) is 11.6 Å². The molecule has 90 valence electrons. The van der Waals surface area contributed by atoms with E-state index in [0.29, 0.717) is 5.02 Å². The van der Waals surface area contributed by atoms with Crippen molar-refractivity contribution in [1.29, 1.82) is 0 Å². The topological polar surface area (TPSA) is 0 Å². The summed E-state index contributed by atoms with van der Waals surface area (Å²) in [6, 6.07) is 22.1. The van der Waals surface area contributed by atoms with E-state index in [0.717, 1.165) is 11.1 Å². The summed E-state index contributed by atoms with van der Waals surface area (Å²) in [5.74, 6) is 6.27. The van der Waals surface area contributed by atoms with Crippen molar-refractivity contribution in [2.75, 3.05) is 0 Å². The third kappa shape index (κ3) is 2.62. The Labute approximate surface area is 117 Å². The van der Waals surface area contributed by atoms with Gasteiger partial charge in [-0.1, -0.05) is 65.9 Å². The van der Waals surface area contributed by atoms with Crippen LogP contribution in [0.4, 0.5) is 0 Å². The predicted octanol–water partition coefficient (Wildman–Crippen LogP) is 4.89. The SMILES string of the molecule is Clc1ccccc1C#Cc1ccc2ccccc2c1. The maximum atomic E-state index is 6.08. The minimum absolute atomic E-state index is 0.691. The summed E-state index contributed by atoms with van der Waals surface area (Å²) in [5.41, 5.74) is 1.86. The molecule has 0 nitrogen and oxygen atoms in total. The van der Waals surface area contributed by atoms with Gasteiger partial charge in [0.05, 0.1) is 5.02 Å². The van der Waals surface area contributed by atoms with E-state index in [-0.39, 0.29) is 0 Å². The number of benzene rings is 3. The Balaban J connectivity index is 2.01. The quantitative estimate of drug-likeness (QED) is 0.506. The van der Waals surface area contributed by atoms with Crippen LogP contribution in [0.1, 0.15) is 11.1 Å². The second-order valence-electron chi connectivity index (χ2n) is 4.29. The maximum Gasteiger partial charge on any atom is 0.0562 e. The van der Waals surface area contributed by atoms with Crippen LogP contribution in [0.3, 0.4) is 0 Å². The molecule has 0 spiro atoms. The second kappa shape index (κ2) is 5.18. The van der Waals surface area contributed by atoms with E-state index in [2.05, 4.69) is 36.1 Å². The highest BCUT2D eigenvalue weighted by atomic mass is 35.5. The highest BCUT2D eigenvalue weighted by Crippen LogP contribution is 2.16. The first kappa shape index (κ1) is 11.8. The van der Waals surface area contributed by atoms with Crippen molar-refractivity contribution in [2.24, 2.45) is 0 Å². The first-order valence-corrected chi connectivity index (χ1v) is 6.46. The molecule has 0 heterocycles. The number of halogens is 1. The number of fused-ring (bicyclic) bond motifs is 1. The van der Waals surface area contributed by atoms with Crippen LogP contribution in [0.25, 0.3) is 10.8 Å². The highest BCUT2D eigenvalue weighted by Gasteiger charge is 1.95. The van der Waals surface area contributed by atoms with Crippen molar-refractivity contribution in [3.8, 4) is 11.8 Å². The monoisotopic (exact) mass is 262 g/mol. The van der Waals surface area contributed by atoms with Crippen molar-refractivity contribution in [1.82, 2.24) is 0 Å². The fourth-order valence-electron chi connectivity index (χ4n) is 1.97. The van der Waals surface area contributed by atoms with Crippen molar-refractivity contribution in [3.63, 3.8) is 0 Å². The lowest BCUT2D eigenvalue weighted by Crippen LogP contribution is -1.78. The Bertz CT molecular complexity index is 791. The molecule has 0 aromatic heterocycles. The van der Waals surface area contributed by atoms with Gasteiger partial charge in [0.1, 0.15) is 0 Å². The van der Waals surface area contributed by atoms with Gasteiger partial charge in [0.2, 0.25) is 0 Å². The molecule has 0 radical (unpaired) electrons. The lowest BCUT2D eigenvalue weighted by Gasteiger charge is -1.97. The molecule has 0 fully saturated rings. The zero-order valence-electron chi connectivity index (χ0n) is 10.2. The summed E-state index contributed by atoms with van der Waals surface area (Å²) in [4.78, 5) is 0. The van der Waals surface area contributed by atoms with E-state index in [9.17, 15) is 0 Å². The standard InChI is InChI=1S/C18H11Cl/c19-18-8-4-3-6-16(18)12-10-14-9-11-15-5-1-2-7-17(15)13-14/h1-9,11,13H. The largest absolute Gasteiger partial charge is 0.0830 e. The average molecular weight is 263 g/mol. The third-order valence-electron chi connectivity index (χ3n) is 2.96. The first-order chi connectivity index (χ1) is 9.33. The zero-order chi connectivity index (χ0) is 13.1. The Kier molecular flexibility index (Phi) is 3.23. The third-order valence-corrected chi connectivity index (χ3v) is 3.29. The van der Waals surface area contributed by atoms with Crippen molar-refractivity contribution >= 4 is 22.4 Å². The van der Waals surface area contributed by atoms with Crippen LogP contribution in [0, 0.1) is 11.8 Å². The molecule has 1 heteroatoms. The predicted molar refractivity (Wildman–Crippen MR) is 81.4 cm³/mol. The van der Waals surface area contributed by atoms with Crippen LogP contribution in [0.5, 0.6) is 0 Å². The highest BCUT2D eigenvalue weighted by molar-refractivity contribution is 6.31. The van der Waals surface area contributed by atoms with Gasteiger partial charge in [-0.25, -0.2) is 0 Å². The normalized spacial score (nSPS) is 9.95. The molecule has 0 aliphatic rings. The Morgan fingerprint density at radius 1 is 0.684 bits per heavy atom. The van der Waals surface area contributed by atoms with Gasteiger partial charge in [0.15, 0.2) is 0 Å². The van der Waals surface area contributed by atoms with E-state index in [1.165, 1.54) is 10.8 Å². The molecule has 19 heavy (non-hydrogen) atoms. The smallest absolute Gasteiger partial charge is 0.0562 e. The summed E-state index contributed by atoms with van der Waals surface area (Å²) >= 11 is 6.08. The van der Waals surface area contributed by atoms with E-state index >= 15 is 0 Å². The summed E-state index contributed by atoms with van der Waals surface area (Å²) in [7, 11) is 0. The molecule has 0 atom stereocenters. The molecule has 0 amide bonds. The molecular weight excluding hydrogens is 252 g/mol. The number of hydrogen-bond acceptors (Lipinski definition) is 0. The fraction of sp³-hybridized carbons (Fsp3) is 0. The molecule has 0 saturated heterocycles. The van der Waals surface area contributed by atoms with E-state index < -0.39 is 0 Å². The molecular formula is C18H11Cl. The van der Waals surface area contributed by atoms with Gasteiger partial charge in [0, 0.05) is 11.1 Å². The number of hydrogen-bond donors (Lipinski definition) is 0. The summed E-state index contributed by atoms with van der Waals surface area (Å²) in [6.45, 7) is 0. The Hall–Kier alpha value is -2.23. The minimum Gasteiger partial charge on any atom is -0.0830 e. The molecule has 0 aliphatic carbocycles. The summed E-state index contributed by atoms with van der Waals surface area (Å²) < 4.78 is 0. The zero-order valence-corrected chi connectivity index (χ0v) is 11.0. The molecule has 0 saturated carbocycles. The van der Waals surface area contributed by atoms with Crippen LogP contribution >= 0.6 is 11.6 Å². The first-order valence-electron chi connectivity index (χ1n) is 6.08. The van der Waals surface area contributed by atoms with Gasteiger partial charge >= 0.3 is 0 Å². The summed E-state index contributed by atoms with van der Waals surface area (Å²) in [5, 5.41) is 3.12. The molecule has 0 unspecified atom stereocenters. The number of rotatable bonds is 0. The van der Waals surface area contributed by atoms with Crippen LogP contribution in [0.15, 0.2) is 66.7 Å². The van der Waals surface area contributed by atoms with Crippen LogP contribution in [-0.4, -0.2) is 0 Å². The molecule has 0 N–H and O–H groups in total. The average Bonchev–Trinajstić information content (AvgIpc) is 2.46. The van der Waals surface area contributed by atoms with Crippen LogP contribution < -0.4 is 0 Å². The second-order valence-corrected chi connectivity index (χ2v) is 4.70. The molecule has 0 aliphatic heterocycles. The van der Waals surface area contributed by atoms with Gasteiger partial charge in [-0.05, 0) is 35.0 Å². The van der Waals surface area contributed by atoms with Crippen LogP contribution in [0.2, 0.25) is 5.02 Å².